The first-order valence-electron chi connectivity index (χ1n) is 6.78. The summed E-state index contributed by atoms with van der Waals surface area (Å²) < 4.78 is 0. The van der Waals surface area contributed by atoms with Gasteiger partial charge in [0.25, 0.3) is 0 Å². The molecule has 0 saturated carbocycles. The maximum atomic E-state index is 12.3. The van der Waals surface area contributed by atoms with Crippen LogP contribution in [0.1, 0.15) is 23.7 Å². The zero-order valence-electron chi connectivity index (χ0n) is 11.6. The fourth-order valence-corrected chi connectivity index (χ4v) is 2.85. The molecule has 0 bridgehead atoms. The summed E-state index contributed by atoms with van der Waals surface area (Å²) in [5.74, 6) is 0.113. The van der Waals surface area contributed by atoms with Gasteiger partial charge in [0.1, 0.15) is 0 Å². The number of rotatable bonds is 3. The second kappa shape index (κ2) is 6.51. The Labute approximate surface area is 120 Å². The van der Waals surface area contributed by atoms with Crippen molar-refractivity contribution in [1.82, 2.24) is 9.80 Å². The van der Waals surface area contributed by atoms with Crippen molar-refractivity contribution < 1.29 is 4.79 Å². The number of nitrogens with zero attached hydrogens (tertiary/aromatic N) is 2. The summed E-state index contributed by atoms with van der Waals surface area (Å²) in [6, 6.07) is 7.69. The fourth-order valence-electron chi connectivity index (χ4n) is 2.61. The Bertz CT molecular complexity index is 450. The third kappa shape index (κ3) is 3.78. The molecule has 1 aliphatic rings. The first kappa shape index (κ1) is 14.5. The number of carbonyl (C=O) groups excluding carboxylic acids is 1. The zero-order valence-corrected chi connectivity index (χ0v) is 12.4. The Kier molecular flexibility index (Phi) is 4.97. The first-order valence-corrected chi connectivity index (χ1v) is 7.16. The molecule has 0 radical (unpaired) electrons. The van der Waals surface area contributed by atoms with Gasteiger partial charge in [-0.3, -0.25) is 9.69 Å². The van der Waals surface area contributed by atoms with Gasteiger partial charge in [-0.25, -0.2) is 0 Å². The lowest BCUT2D eigenvalue weighted by Gasteiger charge is -2.27. The van der Waals surface area contributed by atoms with E-state index in [4.69, 9.17) is 11.6 Å². The lowest BCUT2D eigenvalue weighted by Crippen LogP contribution is -2.40. The molecule has 1 fully saturated rings. The van der Waals surface area contributed by atoms with E-state index in [1.165, 1.54) is 0 Å². The number of ketones is 1. The minimum atomic E-state index is 0.113. The second-order valence-corrected chi connectivity index (χ2v) is 5.75. The Hall–Kier alpha value is -0.900. The fraction of sp³-hybridized carbons (Fsp3) is 0.533. The van der Waals surface area contributed by atoms with E-state index in [0.717, 1.165) is 26.1 Å². The lowest BCUT2D eigenvalue weighted by molar-refractivity contribution is 0.0900. The third-order valence-corrected chi connectivity index (χ3v) is 4.03. The predicted octanol–water partition coefficient (Wildman–Crippen LogP) is 2.55. The van der Waals surface area contributed by atoms with Crippen LogP contribution in [0.4, 0.5) is 0 Å². The van der Waals surface area contributed by atoms with Gasteiger partial charge in [0.05, 0.1) is 11.6 Å². The summed E-state index contributed by atoms with van der Waals surface area (Å²) in [5.41, 5.74) is 0.633. The molecule has 1 aromatic carbocycles. The topological polar surface area (TPSA) is 23.6 Å². The number of halogens is 1. The van der Waals surface area contributed by atoms with Crippen molar-refractivity contribution >= 4 is 17.4 Å². The molecule has 0 aromatic heterocycles. The zero-order chi connectivity index (χ0) is 13.8. The van der Waals surface area contributed by atoms with Crippen molar-refractivity contribution in [2.24, 2.45) is 0 Å². The standard InChI is InChI=1S/C15H21ClN2O/c1-12-10-17(2)8-5-9-18(12)11-15(19)13-6-3-4-7-14(13)16/h3-4,6-7,12H,5,8-11H2,1-2H3. The number of Topliss-reactive ketones (excluding diaryl/α,β-unsaturated/α-hetero) is 1. The Balaban J connectivity index is 2.04. The highest BCUT2D eigenvalue weighted by molar-refractivity contribution is 6.34. The highest BCUT2D eigenvalue weighted by atomic mass is 35.5. The van der Waals surface area contributed by atoms with Crippen LogP contribution in [-0.2, 0) is 0 Å². The van der Waals surface area contributed by atoms with Gasteiger partial charge in [-0.15, -0.1) is 0 Å². The molecule has 0 aliphatic carbocycles. The van der Waals surface area contributed by atoms with Crippen LogP contribution in [0.5, 0.6) is 0 Å². The molecular weight excluding hydrogens is 260 g/mol. The van der Waals surface area contributed by atoms with Crippen LogP contribution < -0.4 is 0 Å². The lowest BCUT2D eigenvalue weighted by atomic mass is 10.1. The molecular formula is C15H21ClN2O. The molecule has 0 amide bonds. The highest BCUT2D eigenvalue weighted by Gasteiger charge is 2.22. The van der Waals surface area contributed by atoms with Gasteiger partial charge in [0.2, 0.25) is 0 Å². The molecule has 2 rings (SSSR count). The largest absolute Gasteiger partial charge is 0.305 e. The van der Waals surface area contributed by atoms with E-state index in [-0.39, 0.29) is 5.78 Å². The van der Waals surface area contributed by atoms with Crippen LogP contribution in [0.25, 0.3) is 0 Å². The maximum absolute atomic E-state index is 12.3. The second-order valence-electron chi connectivity index (χ2n) is 5.34. The van der Waals surface area contributed by atoms with E-state index < -0.39 is 0 Å². The summed E-state index contributed by atoms with van der Waals surface area (Å²) in [7, 11) is 2.13. The molecule has 19 heavy (non-hydrogen) atoms. The summed E-state index contributed by atoms with van der Waals surface area (Å²) >= 11 is 6.08. The molecule has 1 unspecified atom stereocenters. The quantitative estimate of drug-likeness (QED) is 0.795. The predicted molar refractivity (Wildman–Crippen MR) is 78.9 cm³/mol. The summed E-state index contributed by atoms with van der Waals surface area (Å²) in [4.78, 5) is 16.9. The highest BCUT2D eigenvalue weighted by Crippen LogP contribution is 2.17. The van der Waals surface area contributed by atoms with Gasteiger partial charge in [0.15, 0.2) is 5.78 Å². The maximum Gasteiger partial charge on any atom is 0.178 e. The third-order valence-electron chi connectivity index (χ3n) is 3.71. The van der Waals surface area contributed by atoms with Crippen LogP contribution in [0, 0.1) is 0 Å². The molecule has 1 atom stereocenters. The Morgan fingerprint density at radius 3 is 2.84 bits per heavy atom. The van der Waals surface area contributed by atoms with E-state index in [2.05, 4.69) is 23.8 Å². The monoisotopic (exact) mass is 280 g/mol. The number of hydrogen-bond donors (Lipinski definition) is 0. The minimum absolute atomic E-state index is 0.113. The number of carbonyl (C=O) groups is 1. The molecule has 0 spiro atoms. The molecule has 0 N–H and O–H groups in total. The van der Waals surface area contributed by atoms with Crippen molar-refractivity contribution in [1.29, 1.82) is 0 Å². The Morgan fingerprint density at radius 2 is 2.11 bits per heavy atom. The summed E-state index contributed by atoms with van der Waals surface area (Å²) in [5, 5.41) is 0.548. The van der Waals surface area contributed by atoms with Crippen LogP contribution in [0.3, 0.4) is 0 Å². The Morgan fingerprint density at radius 1 is 1.37 bits per heavy atom. The van der Waals surface area contributed by atoms with Gasteiger partial charge in [-0.1, -0.05) is 23.7 Å². The number of hydrogen-bond acceptors (Lipinski definition) is 3. The number of likely N-dealkylation sites (N-methyl/N-ethyl adjacent to an activating group) is 1. The van der Waals surface area contributed by atoms with Gasteiger partial charge in [0, 0.05) is 24.7 Å². The normalized spacial score (nSPS) is 22.2. The average molecular weight is 281 g/mol. The summed E-state index contributed by atoms with van der Waals surface area (Å²) in [6.07, 6.45) is 1.11. The smallest absolute Gasteiger partial charge is 0.178 e. The van der Waals surface area contributed by atoms with Crippen molar-refractivity contribution in [3.05, 3.63) is 34.9 Å². The van der Waals surface area contributed by atoms with E-state index in [1.54, 1.807) is 12.1 Å². The van der Waals surface area contributed by atoms with E-state index >= 15 is 0 Å². The SMILES string of the molecule is CC1CN(C)CCCN1CC(=O)c1ccccc1Cl. The van der Waals surface area contributed by atoms with E-state index in [0.29, 0.717) is 23.2 Å². The first-order chi connectivity index (χ1) is 9.08. The van der Waals surface area contributed by atoms with Crippen molar-refractivity contribution in [3.63, 3.8) is 0 Å². The van der Waals surface area contributed by atoms with Crippen LogP contribution in [0.2, 0.25) is 5.02 Å². The molecule has 4 heteroatoms. The van der Waals surface area contributed by atoms with E-state index in [9.17, 15) is 4.79 Å². The van der Waals surface area contributed by atoms with Crippen LogP contribution in [0.15, 0.2) is 24.3 Å². The van der Waals surface area contributed by atoms with Gasteiger partial charge >= 0.3 is 0 Å². The molecule has 1 saturated heterocycles. The van der Waals surface area contributed by atoms with Crippen molar-refractivity contribution in [2.45, 2.75) is 19.4 Å². The molecule has 104 valence electrons. The van der Waals surface area contributed by atoms with Crippen molar-refractivity contribution in [2.75, 3.05) is 33.2 Å². The van der Waals surface area contributed by atoms with E-state index in [1.807, 2.05) is 12.1 Å². The van der Waals surface area contributed by atoms with Gasteiger partial charge < -0.3 is 4.90 Å². The molecule has 1 aliphatic heterocycles. The molecule has 1 aromatic rings. The average Bonchev–Trinajstić information content (AvgIpc) is 2.52. The van der Waals surface area contributed by atoms with Gasteiger partial charge in [-0.2, -0.15) is 0 Å². The van der Waals surface area contributed by atoms with Crippen molar-refractivity contribution in [3.8, 4) is 0 Å². The minimum Gasteiger partial charge on any atom is -0.305 e. The molecule has 1 heterocycles. The van der Waals surface area contributed by atoms with Gasteiger partial charge in [-0.05, 0) is 39.1 Å². The van der Waals surface area contributed by atoms with Crippen LogP contribution in [-0.4, -0.2) is 54.9 Å². The summed E-state index contributed by atoms with van der Waals surface area (Å²) in [6.45, 7) is 5.72. The van der Waals surface area contributed by atoms with Crippen LogP contribution >= 0.6 is 11.6 Å². The number of benzene rings is 1. The molecule has 3 nitrogen and oxygen atoms in total.